The molecule has 0 saturated carbocycles. The topological polar surface area (TPSA) is 153 Å². The van der Waals surface area contributed by atoms with Gasteiger partial charge in [0.25, 0.3) is 0 Å². The van der Waals surface area contributed by atoms with E-state index in [2.05, 4.69) is 10.2 Å². The molecule has 0 aliphatic rings. The third-order valence-corrected chi connectivity index (χ3v) is 3.81. The molecule has 0 atom stereocenters. The van der Waals surface area contributed by atoms with Crippen molar-refractivity contribution < 1.29 is 19.8 Å². The summed E-state index contributed by atoms with van der Waals surface area (Å²) in [5.41, 5.74) is -0.878. The van der Waals surface area contributed by atoms with Gasteiger partial charge in [0.2, 0.25) is 11.3 Å². The number of carboxylic acid groups (broad SMARTS) is 2. The van der Waals surface area contributed by atoms with Crippen molar-refractivity contribution in [2.24, 2.45) is 0 Å². The first-order valence-corrected chi connectivity index (χ1v) is 7.32. The third-order valence-electron chi connectivity index (χ3n) is 3.81. The van der Waals surface area contributed by atoms with Crippen LogP contribution in [0.25, 0.3) is 22.3 Å². The summed E-state index contributed by atoms with van der Waals surface area (Å²) in [4.78, 5) is 47.1. The maximum Gasteiger partial charge on any atom is 0.351 e. The second kappa shape index (κ2) is 5.27. The molecule has 3 heterocycles. The van der Waals surface area contributed by atoms with E-state index in [-0.39, 0.29) is 11.3 Å². The van der Waals surface area contributed by atoms with Gasteiger partial charge < -0.3 is 10.2 Å². The van der Waals surface area contributed by atoms with Crippen molar-refractivity contribution >= 4 is 34.3 Å². The van der Waals surface area contributed by atoms with E-state index in [1.165, 1.54) is 0 Å². The van der Waals surface area contributed by atoms with E-state index in [1.807, 2.05) is 0 Å². The number of benzene rings is 1. The highest BCUT2D eigenvalue weighted by Gasteiger charge is 2.21. The summed E-state index contributed by atoms with van der Waals surface area (Å²) in [5, 5.41) is 25.8. The minimum atomic E-state index is -1.26. The van der Waals surface area contributed by atoms with E-state index in [9.17, 15) is 19.2 Å². The van der Waals surface area contributed by atoms with Crippen LogP contribution >= 0.6 is 0 Å². The highest BCUT2D eigenvalue weighted by Crippen LogP contribution is 2.17. The number of carbonyl (C=O) groups is 2. The number of rotatable bonds is 4. The number of fused-ring (bicyclic) bond motifs is 6. The predicted molar refractivity (Wildman–Crippen MR) is 85.2 cm³/mol. The zero-order valence-electron chi connectivity index (χ0n) is 12.9. The number of hydrogen-bond acceptors (Lipinski definition) is 6. The Morgan fingerprint density at radius 3 is 1.54 bits per heavy atom. The highest BCUT2D eigenvalue weighted by molar-refractivity contribution is 5.85. The summed E-state index contributed by atoms with van der Waals surface area (Å²) >= 11 is 0. The van der Waals surface area contributed by atoms with Crippen LogP contribution < -0.4 is 11.4 Å². The SMILES string of the molecule is O=C(O)Cn1nc2c3nn(CC(=O)O)c(=O)n3c3ccccc3n2c1=O. The summed E-state index contributed by atoms with van der Waals surface area (Å²) in [5.74, 6) is -2.52. The normalized spacial score (nSPS) is 11.5. The van der Waals surface area contributed by atoms with Gasteiger partial charge in [0, 0.05) is 0 Å². The number of aliphatic carboxylic acids is 2. The van der Waals surface area contributed by atoms with Crippen LogP contribution in [-0.2, 0) is 22.7 Å². The molecule has 1 aromatic carbocycles. The van der Waals surface area contributed by atoms with Gasteiger partial charge in [0.15, 0.2) is 0 Å². The van der Waals surface area contributed by atoms with E-state index >= 15 is 0 Å². The first-order valence-electron chi connectivity index (χ1n) is 7.32. The molecule has 0 aliphatic carbocycles. The van der Waals surface area contributed by atoms with Crippen LogP contribution in [0.4, 0.5) is 0 Å². The number of para-hydroxylation sites is 2. The van der Waals surface area contributed by atoms with Gasteiger partial charge in [-0.1, -0.05) is 12.1 Å². The van der Waals surface area contributed by atoms with E-state index in [0.29, 0.717) is 11.0 Å². The second-order valence-corrected chi connectivity index (χ2v) is 5.47. The number of hydrogen-bond donors (Lipinski definition) is 2. The predicted octanol–water partition coefficient (Wildman–Crippen LogP) is -1.37. The van der Waals surface area contributed by atoms with Crippen LogP contribution in [0, 0.1) is 0 Å². The van der Waals surface area contributed by atoms with E-state index in [1.54, 1.807) is 24.3 Å². The smallest absolute Gasteiger partial charge is 0.351 e. The lowest BCUT2D eigenvalue weighted by atomic mass is 10.3. The van der Waals surface area contributed by atoms with Crippen LogP contribution in [0.1, 0.15) is 0 Å². The van der Waals surface area contributed by atoms with Crippen molar-refractivity contribution in [2.75, 3.05) is 0 Å². The van der Waals surface area contributed by atoms with Crippen molar-refractivity contribution in [3.8, 4) is 0 Å². The maximum atomic E-state index is 12.6. The fourth-order valence-corrected chi connectivity index (χ4v) is 2.84. The molecular weight excluding hydrogens is 348 g/mol. The van der Waals surface area contributed by atoms with Crippen LogP contribution in [0.2, 0.25) is 0 Å². The zero-order chi connectivity index (χ0) is 18.6. The molecule has 3 aromatic heterocycles. The van der Waals surface area contributed by atoms with Gasteiger partial charge in [0.05, 0.1) is 11.0 Å². The number of nitrogens with zero attached hydrogens (tertiary/aromatic N) is 6. The second-order valence-electron chi connectivity index (χ2n) is 5.47. The molecule has 4 rings (SSSR count). The lowest BCUT2D eigenvalue weighted by Crippen LogP contribution is -2.26. The summed E-state index contributed by atoms with van der Waals surface area (Å²) in [6.45, 7) is -1.33. The molecule has 0 spiro atoms. The molecule has 2 N–H and O–H groups in total. The summed E-state index contributed by atoms with van der Waals surface area (Å²) in [6.07, 6.45) is 0. The quantitative estimate of drug-likeness (QED) is 0.453. The molecule has 0 aliphatic heterocycles. The molecule has 0 saturated heterocycles. The van der Waals surface area contributed by atoms with Gasteiger partial charge in [-0.3, -0.25) is 9.59 Å². The average molecular weight is 358 g/mol. The van der Waals surface area contributed by atoms with Crippen molar-refractivity contribution in [3.63, 3.8) is 0 Å². The molecule has 0 amide bonds. The molecule has 0 fully saturated rings. The molecular formula is C14H10N6O6. The number of aromatic nitrogens is 6. The summed E-state index contributed by atoms with van der Waals surface area (Å²) in [7, 11) is 0. The summed E-state index contributed by atoms with van der Waals surface area (Å²) < 4.78 is 3.77. The van der Waals surface area contributed by atoms with Crippen LogP contribution in [0.3, 0.4) is 0 Å². The van der Waals surface area contributed by atoms with E-state index in [0.717, 1.165) is 18.2 Å². The minimum Gasteiger partial charge on any atom is -0.480 e. The van der Waals surface area contributed by atoms with Gasteiger partial charge in [0.1, 0.15) is 13.1 Å². The molecule has 26 heavy (non-hydrogen) atoms. The first-order chi connectivity index (χ1) is 12.4. The minimum absolute atomic E-state index is 0.0452. The lowest BCUT2D eigenvalue weighted by molar-refractivity contribution is -0.139. The van der Waals surface area contributed by atoms with Crippen molar-refractivity contribution in [1.82, 2.24) is 28.4 Å². The average Bonchev–Trinajstić information content (AvgIpc) is 3.06. The van der Waals surface area contributed by atoms with Crippen LogP contribution in [0.5, 0.6) is 0 Å². The van der Waals surface area contributed by atoms with Crippen molar-refractivity contribution in [2.45, 2.75) is 13.1 Å². The molecule has 0 bridgehead atoms. The van der Waals surface area contributed by atoms with Crippen molar-refractivity contribution in [3.05, 3.63) is 45.2 Å². The Labute approximate surface area is 141 Å². The highest BCUT2D eigenvalue weighted by atomic mass is 16.4. The Hall–Kier alpha value is -3.96. The van der Waals surface area contributed by atoms with Gasteiger partial charge in [-0.25, -0.2) is 27.8 Å². The zero-order valence-corrected chi connectivity index (χ0v) is 12.9. The summed E-state index contributed by atoms with van der Waals surface area (Å²) in [6, 6.07) is 6.41. The Bertz CT molecular complexity index is 1240. The fourth-order valence-electron chi connectivity index (χ4n) is 2.84. The van der Waals surface area contributed by atoms with Crippen LogP contribution in [0.15, 0.2) is 33.9 Å². The van der Waals surface area contributed by atoms with Gasteiger partial charge in [-0.15, -0.1) is 10.2 Å². The molecule has 132 valence electrons. The Morgan fingerprint density at radius 1 is 0.808 bits per heavy atom. The number of carboxylic acids is 2. The van der Waals surface area contributed by atoms with Crippen LogP contribution in [-0.4, -0.2) is 50.5 Å². The maximum absolute atomic E-state index is 12.6. The van der Waals surface area contributed by atoms with Gasteiger partial charge in [-0.05, 0) is 12.1 Å². The molecule has 12 nitrogen and oxygen atoms in total. The largest absolute Gasteiger partial charge is 0.480 e. The molecule has 0 unspecified atom stereocenters. The van der Waals surface area contributed by atoms with E-state index < -0.39 is 36.4 Å². The Balaban J connectivity index is 2.23. The molecule has 4 aromatic rings. The lowest BCUT2D eigenvalue weighted by Gasteiger charge is -2.02. The van der Waals surface area contributed by atoms with E-state index in [4.69, 9.17) is 10.2 Å². The Morgan fingerprint density at radius 2 is 1.19 bits per heavy atom. The van der Waals surface area contributed by atoms with Gasteiger partial charge in [-0.2, -0.15) is 0 Å². The molecule has 12 heteroatoms. The fraction of sp³-hybridized carbons (Fsp3) is 0.143. The standard InChI is InChI=1S/C14H10N6O6/c21-9(22)5-17-13(25)19-7-3-1-2-4-8(7)20-12(11(19)15-17)16-18(14(20)26)6-10(23)24/h1-4H,5-6H2,(H,21,22)(H,23,24). The third kappa shape index (κ3) is 2.08. The Kier molecular flexibility index (Phi) is 3.15. The monoisotopic (exact) mass is 358 g/mol. The first kappa shape index (κ1) is 15.6. The molecule has 0 radical (unpaired) electrons. The van der Waals surface area contributed by atoms with Gasteiger partial charge >= 0.3 is 23.3 Å². The van der Waals surface area contributed by atoms with Crippen molar-refractivity contribution in [1.29, 1.82) is 0 Å².